The maximum absolute atomic E-state index is 11.6. The zero-order chi connectivity index (χ0) is 10.3. The monoisotopic (exact) mass is 198 g/mol. The number of carbonyl (C=O) groups is 2. The van der Waals surface area contributed by atoms with Gasteiger partial charge in [0.1, 0.15) is 6.04 Å². The van der Waals surface area contributed by atoms with E-state index in [4.69, 9.17) is 10.5 Å². The molecule has 2 saturated heterocycles. The lowest BCUT2D eigenvalue weighted by atomic mass is 10.1. The second kappa shape index (κ2) is 3.33. The number of ketones is 1. The van der Waals surface area contributed by atoms with Gasteiger partial charge in [-0.3, -0.25) is 9.59 Å². The van der Waals surface area contributed by atoms with Crippen molar-refractivity contribution in [1.29, 1.82) is 0 Å². The van der Waals surface area contributed by atoms with E-state index in [0.29, 0.717) is 19.6 Å². The molecule has 2 aliphatic heterocycles. The minimum Gasteiger partial charge on any atom is -0.377 e. The van der Waals surface area contributed by atoms with Crippen molar-refractivity contribution in [1.82, 2.24) is 4.90 Å². The van der Waals surface area contributed by atoms with Crippen molar-refractivity contribution in [2.24, 2.45) is 5.73 Å². The first-order valence-electron chi connectivity index (χ1n) is 4.77. The molecule has 0 aromatic rings. The van der Waals surface area contributed by atoms with Crippen LogP contribution in [0, 0.1) is 0 Å². The molecule has 3 unspecified atom stereocenters. The summed E-state index contributed by atoms with van der Waals surface area (Å²) in [5.74, 6) is -0.143. The number of hydrogen-bond donors (Lipinski definition) is 1. The summed E-state index contributed by atoms with van der Waals surface area (Å²) in [6, 6.07) is -0.876. The van der Waals surface area contributed by atoms with Gasteiger partial charge in [0.05, 0.1) is 25.3 Å². The number of hydrogen-bond acceptors (Lipinski definition) is 4. The number of rotatable bonds is 1. The first-order valence-corrected chi connectivity index (χ1v) is 4.77. The van der Waals surface area contributed by atoms with Crippen molar-refractivity contribution in [3.05, 3.63) is 0 Å². The Morgan fingerprint density at radius 1 is 1.57 bits per heavy atom. The van der Waals surface area contributed by atoms with Crippen LogP contribution in [0.5, 0.6) is 0 Å². The standard InChI is InChI=1S/C9H14N2O3/c1-5(12)8-4-14-3-6-2-7(10)9(13)11(6)8/h6-8H,2-4,10H2,1H3. The van der Waals surface area contributed by atoms with Crippen LogP contribution in [0.25, 0.3) is 0 Å². The van der Waals surface area contributed by atoms with E-state index in [1.54, 1.807) is 4.90 Å². The number of nitrogens with two attached hydrogens (primary N) is 1. The normalized spacial score (nSPS) is 37.1. The molecule has 0 spiro atoms. The molecule has 5 heteroatoms. The molecule has 3 atom stereocenters. The van der Waals surface area contributed by atoms with E-state index in [0.717, 1.165) is 0 Å². The molecular weight excluding hydrogens is 184 g/mol. The summed E-state index contributed by atoms with van der Waals surface area (Å²) < 4.78 is 5.28. The van der Waals surface area contributed by atoms with Crippen LogP contribution >= 0.6 is 0 Å². The first-order chi connectivity index (χ1) is 6.61. The summed E-state index contributed by atoms with van der Waals surface area (Å²) in [6.45, 7) is 2.29. The van der Waals surface area contributed by atoms with Crippen LogP contribution in [0.2, 0.25) is 0 Å². The molecule has 0 bridgehead atoms. The van der Waals surface area contributed by atoms with Gasteiger partial charge in [-0.15, -0.1) is 0 Å². The van der Waals surface area contributed by atoms with Gasteiger partial charge in [0, 0.05) is 0 Å². The van der Waals surface area contributed by atoms with Crippen molar-refractivity contribution < 1.29 is 14.3 Å². The molecule has 14 heavy (non-hydrogen) atoms. The quantitative estimate of drug-likeness (QED) is 0.580. The number of amides is 1. The molecular formula is C9H14N2O3. The molecule has 2 aliphatic rings. The summed E-state index contributed by atoms with van der Waals surface area (Å²) in [6.07, 6.45) is 0.600. The molecule has 0 aromatic heterocycles. The van der Waals surface area contributed by atoms with Crippen LogP contribution in [-0.2, 0) is 14.3 Å². The summed E-state index contributed by atoms with van der Waals surface area (Å²) in [4.78, 5) is 24.5. The average molecular weight is 198 g/mol. The van der Waals surface area contributed by atoms with E-state index >= 15 is 0 Å². The Hall–Kier alpha value is -0.940. The van der Waals surface area contributed by atoms with Crippen molar-refractivity contribution in [3.8, 4) is 0 Å². The second-order valence-corrected chi connectivity index (χ2v) is 3.91. The molecule has 2 heterocycles. The molecule has 2 rings (SSSR count). The molecule has 2 fully saturated rings. The predicted octanol–water partition coefficient (Wildman–Crippen LogP) is -1.10. The van der Waals surface area contributed by atoms with Gasteiger partial charge in [0.25, 0.3) is 0 Å². The smallest absolute Gasteiger partial charge is 0.240 e. The summed E-state index contributed by atoms with van der Waals surface area (Å²) >= 11 is 0. The molecule has 0 aromatic carbocycles. The fourth-order valence-electron chi connectivity index (χ4n) is 2.14. The number of nitrogens with zero attached hydrogens (tertiary/aromatic N) is 1. The Kier molecular flexibility index (Phi) is 2.28. The van der Waals surface area contributed by atoms with E-state index in [-0.39, 0.29) is 17.7 Å². The average Bonchev–Trinajstić information content (AvgIpc) is 2.43. The van der Waals surface area contributed by atoms with E-state index in [9.17, 15) is 9.59 Å². The topological polar surface area (TPSA) is 72.6 Å². The number of fused-ring (bicyclic) bond motifs is 1. The predicted molar refractivity (Wildman–Crippen MR) is 48.5 cm³/mol. The fourth-order valence-corrected chi connectivity index (χ4v) is 2.14. The van der Waals surface area contributed by atoms with Crippen molar-refractivity contribution in [3.63, 3.8) is 0 Å². The second-order valence-electron chi connectivity index (χ2n) is 3.91. The van der Waals surface area contributed by atoms with Crippen LogP contribution in [0.15, 0.2) is 0 Å². The lowest BCUT2D eigenvalue weighted by Crippen LogP contribution is -2.54. The maximum atomic E-state index is 11.6. The third-order valence-electron chi connectivity index (χ3n) is 2.88. The number of morpholine rings is 1. The fraction of sp³-hybridized carbons (Fsp3) is 0.778. The van der Waals surface area contributed by atoms with Gasteiger partial charge in [0.2, 0.25) is 5.91 Å². The van der Waals surface area contributed by atoms with E-state index in [1.165, 1.54) is 6.92 Å². The number of carbonyl (C=O) groups excluding carboxylic acids is 2. The number of ether oxygens (including phenoxy) is 1. The summed E-state index contributed by atoms with van der Waals surface area (Å²) in [5.41, 5.74) is 5.64. The van der Waals surface area contributed by atoms with Crippen molar-refractivity contribution in [2.75, 3.05) is 13.2 Å². The molecule has 5 nitrogen and oxygen atoms in total. The van der Waals surface area contributed by atoms with E-state index in [2.05, 4.69) is 0 Å². The summed E-state index contributed by atoms with van der Waals surface area (Å²) in [7, 11) is 0. The Balaban J connectivity index is 2.22. The Morgan fingerprint density at radius 3 is 2.93 bits per heavy atom. The van der Waals surface area contributed by atoms with Gasteiger partial charge in [-0.2, -0.15) is 0 Å². The highest BCUT2D eigenvalue weighted by Gasteiger charge is 2.45. The van der Waals surface area contributed by atoms with Crippen molar-refractivity contribution >= 4 is 11.7 Å². The van der Waals surface area contributed by atoms with Gasteiger partial charge in [-0.25, -0.2) is 0 Å². The third kappa shape index (κ3) is 1.33. The molecule has 0 aliphatic carbocycles. The maximum Gasteiger partial charge on any atom is 0.240 e. The Morgan fingerprint density at radius 2 is 2.29 bits per heavy atom. The summed E-state index contributed by atoms with van der Waals surface area (Å²) in [5, 5.41) is 0. The van der Waals surface area contributed by atoms with Crippen LogP contribution in [0.1, 0.15) is 13.3 Å². The van der Waals surface area contributed by atoms with Crippen LogP contribution in [0.3, 0.4) is 0 Å². The zero-order valence-electron chi connectivity index (χ0n) is 8.10. The lowest BCUT2D eigenvalue weighted by Gasteiger charge is -2.35. The van der Waals surface area contributed by atoms with E-state index < -0.39 is 12.1 Å². The third-order valence-corrected chi connectivity index (χ3v) is 2.88. The van der Waals surface area contributed by atoms with Gasteiger partial charge >= 0.3 is 0 Å². The molecule has 2 N–H and O–H groups in total. The zero-order valence-corrected chi connectivity index (χ0v) is 8.10. The SMILES string of the molecule is CC(=O)C1COCC2CC(N)C(=O)N21. The molecule has 1 amide bonds. The molecule has 78 valence electrons. The Labute approximate surface area is 82.2 Å². The van der Waals surface area contributed by atoms with Gasteiger partial charge in [-0.05, 0) is 13.3 Å². The first kappa shape index (κ1) is 9.61. The number of Topliss-reactive ketones (excluding diaryl/α,β-unsaturated/α-hetero) is 1. The van der Waals surface area contributed by atoms with Crippen LogP contribution in [0.4, 0.5) is 0 Å². The van der Waals surface area contributed by atoms with Gasteiger partial charge in [-0.1, -0.05) is 0 Å². The van der Waals surface area contributed by atoms with Crippen LogP contribution in [-0.4, -0.2) is 47.9 Å². The van der Waals surface area contributed by atoms with Crippen molar-refractivity contribution in [2.45, 2.75) is 31.5 Å². The highest BCUT2D eigenvalue weighted by atomic mass is 16.5. The largest absolute Gasteiger partial charge is 0.377 e. The van der Waals surface area contributed by atoms with Gasteiger partial charge in [0.15, 0.2) is 5.78 Å². The minimum atomic E-state index is -0.455. The Bertz CT molecular complexity index is 279. The minimum absolute atomic E-state index is 0.000139. The molecule has 0 saturated carbocycles. The molecule has 0 radical (unpaired) electrons. The highest BCUT2D eigenvalue weighted by molar-refractivity contribution is 5.91. The van der Waals surface area contributed by atoms with Gasteiger partial charge < -0.3 is 15.4 Å². The van der Waals surface area contributed by atoms with E-state index in [1.807, 2.05) is 0 Å². The van der Waals surface area contributed by atoms with Crippen LogP contribution < -0.4 is 5.73 Å². The highest BCUT2D eigenvalue weighted by Crippen LogP contribution is 2.25. The lowest BCUT2D eigenvalue weighted by molar-refractivity contribution is -0.146.